The van der Waals surface area contributed by atoms with E-state index in [1.54, 1.807) is 32.3 Å². The average molecular weight is 567 g/mol. The molecular weight excluding hydrogens is 535 g/mol. The summed E-state index contributed by atoms with van der Waals surface area (Å²) in [5.41, 5.74) is 4.73. The van der Waals surface area contributed by atoms with Crippen molar-refractivity contribution in [3.05, 3.63) is 107 Å². The number of ketones is 1. The number of hydrogen-bond donors (Lipinski definition) is 1. The summed E-state index contributed by atoms with van der Waals surface area (Å²) in [6.07, 6.45) is 4.67. The summed E-state index contributed by atoms with van der Waals surface area (Å²) in [5.74, 6) is -0.947. The molecule has 0 radical (unpaired) electrons. The largest absolute Gasteiger partial charge is 0.487 e. The van der Waals surface area contributed by atoms with Crippen LogP contribution in [-0.2, 0) is 24.4 Å². The van der Waals surface area contributed by atoms with Gasteiger partial charge in [0.1, 0.15) is 18.2 Å². The molecule has 0 fully saturated rings. The molecule has 0 amide bonds. The van der Waals surface area contributed by atoms with Gasteiger partial charge in [0.2, 0.25) is 0 Å². The molecule has 3 heterocycles. The zero-order valence-electron chi connectivity index (χ0n) is 23.9. The van der Waals surface area contributed by atoms with Gasteiger partial charge in [0.15, 0.2) is 5.78 Å². The number of pyridine rings is 1. The Morgan fingerprint density at radius 2 is 1.74 bits per heavy atom. The predicted octanol–water partition coefficient (Wildman–Crippen LogP) is 6.42. The van der Waals surface area contributed by atoms with Crippen LogP contribution in [0, 0.1) is 18.2 Å². The van der Waals surface area contributed by atoms with Gasteiger partial charge in [-0.3, -0.25) is 24.5 Å². The Morgan fingerprint density at radius 3 is 2.36 bits per heavy atom. The maximum Gasteiger partial charge on any atom is 0.309 e. The molecule has 9 heteroatoms. The van der Waals surface area contributed by atoms with E-state index in [-0.39, 0.29) is 18.8 Å². The fraction of sp³-hybridized carbons (Fsp3) is 0.242. The molecule has 0 aliphatic rings. The Kier molecular flexibility index (Phi) is 7.85. The second-order valence-electron chi connectivity index (χ2n) is 11.0. The first-order chi connectivity index (χ1) is 20.0. The molecule has 0 aliphatic carbocycles. The minimum atomic E-state index is -1.11. The maximum absolute atomic E-state index is 13.3. The minimum Gasteiger partial charge on any atom is -0.487 e. The van der Waals surface area contributed by atoms with E-state index in [0.717, 1.165) is 22.3 Å². The molecule has 0 unspecified atom stereocenters. The van der Waals surface area contributed by atoms with Gasteiger partial charge in [0, 0.05) is 46.9 Å². The van der Waals surface area contributed by atoms with Gasteiger partial charge in [-0.25, -0.2) is 4.39 Å². The van der Waals surface area contributed by atoms with E-state index < -0.39 is 17.2 Å². The summed E-state index contributed by atoms with van der Waals surface area (Å²) in [6.45, 7) is 7.29. The fourth-order valence-electron chi connectivity index (χ4n) is 4.89. The topological polar surface area (TPSA) is 107 Å². The van der Waals surface area contributed by atoms with E-state index in [1.807, 2.05) is 54.0 Å². The fourth-order valence-corrected chi connectivity index (χ4v) is 4.89. The number of aryl methyl sites for hydroxylation is 1. The zero-order valence-corrected chi connectivity index (χ0v) is 23.9. The average Bonchev–Trinajstić information content (AvgIpc) is 3.25. The van der Waals surface area contributed by atoms with Crippen LogP contribution in [0.4, 0.5) is 4.39 Å². The Labute approximate surface area is 242 Å². The lowest BCUT2D eigenvalue weighted by atomic mass is 9.86. The zero-order chi connectivity index (χ0) is 30.0. The molecule has 0 aliphatic heterocycles. The number of aliphatic carboxylic acids is 1. The smallest absolute Gasteiger partial charge is 0.309 e. The molecule has 0 atom stereocenters. The number of carbonyl (C=O) groups excluding carboxylic acids is 1. The molecule has 2 aromatic carbocycles. The van der Waals surface area contributed by atoms with Crippen molar-refractivity contribution in [2.24, 2.45) is 5.41 Å². The number of carbonyl (C=O) groups is 2. The molecule has 8 nitrogen and oxygen atoms in total. The molecule has 0 bridgehead atoms. The van der Waals surface area contributed by atoms with Crippen molar-refractivity contribution < 1.29 is 23.8 Å². The maximum atomic E-state index is 13.3. The van der Waals surface area contributed by atoms with E-state index in [9.17, 15) is 19.1 Å². The van der Waals surface area contributed by atoms with Crippen molar-refractivity contribution in [1.29, 1.82) is 0 Å². The number of Topliss-reactive ketones (excluding diaryl/α,β-unsaturated/α-hetero) is 1. The van der Waals surface area contributed by atoms with Gasteiger partial charge in [0.05, 0.1) is 34.9 Å². The first-order valence-electron chi connectivity index (χ1n) is 13.5. The van der Waals surface area contributed by atoms with Crippen LogP contribution in [0.15, 0.2) is 73.2 Å². The van der Waals surface area contributed by atoms with E-state index in [4.69, 9.17) is 4.74 Å². The van der Waals surface area contributed by atoms with E-state index >= 15 is 0 Å². The Hall–Kier alpha value is -4.92. The molecule has 0 saturated heterocycles. The van der Waals surface area contributed by atoms with Crippen LogP contribution in [0.25, 0.3) is 22.2 Å². The number of rotatable bonds is 10. The Bertz CT molecular complexity index is 1760. The lowest BCUT2D eigenvalue weighted by Crippen LogP contribution is -2.28. The van der Waals surface area contributed by atoms with Gasteiger partial charge in [-0.2, -0.15) is 0 Å². The quantitative estimate of drug-likeness (QED) is 0.194. The predicted molar refractivity (Wildman–Crippen MR) is 157 cm³/mol. The number of ether oxygens (including phenoxy) is 1. The van der Waals surface area contributed by atoms with Crippen molar-refractivity contribution in [2.45, 2.75) is 47.3 Å². The van der Waals surface area contributed by atoms with E-state index in [0.29, 0.717) is 40.3 Å². The highest BCUT2D eigenvalue weighted by Crippen LogP contribution is 2.35. The lowest BCUT2D eigenvalue weighted by Gasteiger charge is -2.22. The molecular formula is C33H31FN4O4. The van der Waals surface area contributed by atoms with Crippen LogP contribution in [-0.4, -0.2) is 36.4 Å². The van der Waals surface area contributed by atoms with Gasteiger partial charge in [0.25, 0.3) is 0 Å². The standard InChI is InChI=1S/C33H31FN4O4/c1-20-15-36-25(17-35-20)19-42-26-10-12-29-27(13-26)31(21(2)39)30(14-33(3,4)32(40)41)38(29)18-22-5-7-23(8-6-22)28-11-9-24(34)16-37-28/h5-13,15-17H,14,18-19H2,1-4H3,(H,40,41). The summed E-state index contributed by atoms with van der Waals surface area (Å²) in [6, 6.07) is 16.3. The third kappa shape index (κ3) is 6.05. The summed E-state index contributed by atoms with van der Waals surface area (Å²) in [4.78, 5) is 38.0. The third-order valence-electron chi connectivity index (χ3n) is 7.22. The van der Waals surface area contributed by atoms with Crippen molar-refractivity contribution in [3.63, 3.8) is 0 Å². The van der Waals surface area contributed by atoms with Crippen LogP contribution in [0.2, 0.25) is 0 Å². The van der Waals surface area contributed by atoms with Crippen LogP contribution in [0.3, 0.4) is 0 Å². The molecule has 5 rings (SSSR count). The minimum absolute atomic E-state index is 0.151. The molecule has 42 heavy (non-hydrogen) atoms. The summed E-state index contributed by atoms with van der Waals surface area (Å²) in [5, 5.41) is 10.6. The highest BCUT2D eigenvalue weighted by molar-refractivity contribution is 6.09. The van der Waals surface area contributed by atoms with Crippen molar-refractivity contribution >= 4 is 22.7 Å². The SMILES string of the molecule is CC(=O)c1c(CC(C)(C)C(=O)O)n(Cc2ccc(-c3ccc(F)cn3)cc2)c2ccc(OCc3cnc(C)cn3)cc12. The molecule has 214 valence electrons. The van der Waals surface area contributed by atoms with Crippen LogP contribution in [0.1, 0.15) is 53.8 Å². The number of nitrogens with zero attached hydrogens (tertiary/aromatic N) is 4. The molecule has 1 N–H and O–H groups in total. The number of aromatic nitrogens is 4. The summed E-state index contributed by atoms with van der Waals surface area (Å²) < 4.78 is 21.3. The molecule has 0 saturated carbocycles. The summed E-state index contributed by atoms with van der Waals surface area (Å²) >= 11 is 0. The van der Waals surface area contributed by atoms with Crippen LogP contribution < -0.4 is 4.74 Å². The first kappa shape index (κ1) is 28.6. The van der Waals surface area contributed by atoms with Gasteiger partial charge in [-0.05, 0) is 63.6 Å². The molecule has 0 spiro atoms. The normalized spacial score (nSPS) is 11.5. The van der Waals surface area contributed by atoms with Gasteiger partial charge >= 0.3 is 5.97 Å². The van der Waals surface area contributed by atoms with Crippen LogP contribution >= 0.6 is 0 Å². The van der Waals surface area contributed by atoms with Gasteiger partial charge < -0.3 is 14.4 Å². The monoisotopic (exact) mass is 566 g/mol. The van der Waals surface area contributed by atoms with Crippen molar-refractivity contribution in [1.82, 2.24) is 19.5 Å². The Morgan fingerprint density at radius 1 is 0.976 bits per heavy atom. The number of carboxylic acids is 1. The van der Waals surface area contributed by atoms with Crippen LogP contribution in [0.5, 0.6) is 5.75 Å². The first-order valence-corrected chi connectivity index (χ1v) is 13.5. The second kappa shape index (κ2) is 11.5. The second-order valence-corrected chi connectivity index (χ2v) is 11.0. The molecule has 5 aromatic rings. The lowest BCUT2D eigenvalue weighted by molar-refractivity contribution is -0.146. The molecule has 3 aromatic heterocycles. The third-order valence-corrected chi connectivity index (χ3v) is 7.22. The van der Waals surface area contributed by atoms with Crippen molar-refractivity contribution in [3.8, 4) is 17.0 Å². The Balaban J connectivity index is 1.55. The number of hydrogen-bond acceptors (Lipinski definition) is 6. The number of fused-ring (bicyclic) bond motifs is 1. The number of benzene rings is 2. The van der Waals surface area contributed by atoms with Crippen molar-refractivity contribution in [2.75, 3.05) is 0 Å². The van der Waals surface area contributed by atoms with Gasteiger partial charge in [-0.1, -0.05) is 24.3 Å². The van der Waals surface area contributed by atoms with Gasteiger partial charge in [-0.15, -0.1) is 0 Å². The number of carboxylic acid groups (broad SMARTS) is 1. The van der Waals surface area contributed by atoms with E-state index in [1.165, 1.54) is 19.2 Å². The summed E-state index contributed by atoms with van der Waals surface area (Å²) in [7, 11) is 0. The number of halogens is 1. The van der Waals surface area contributed by atoms with E-state index in [2.05, 4.69) is 15.0 Å². The highest BCUT2D eigenvalue weighted by atomic mass is 19.1. The highest BCUT2D eigenvalue weighted by Gasteiger charge is 2.32.